The van der Waals surface area contributed by atoms with Gasteiger partial charge in [0.2, 0.25) is 0 Å². The molecule has 0 saturated heterocycles. The molecule has 0 aromatic rings. The van der Waals surface area contributed by atoms with E-state index in [0.717, 1.165) is 13.1 Å². The summed E-state index contributed by atoms with van der Waals surface area (Å²) in [6.07, 6.45) is 20.2. The molecule has 0 rings (SSSR count). The first-order chi connectivity index (χ1) is 8.24. The van der Waals surface area contributed by atoms with Crippen molar-refractivity contribution in [3.8, 4) is 0 Å². The molecule has 0 aromatic heterocycles. The molecular weight excluding hydrogens is 203 g/mol. The molecule has 0 aliphatic rings. The Balaban J connectivity index is 4.24. The monoisotopic (exact) mass is 230 g/mol. The fourth-order valence-electron chi connectivity index (χ4n) is 1.86. The average molecular weight is 230 g/mol. The van der Waals surface area contributed by atoms with E-state index in [4.69, 9.17) is 0 Å². The number of allylic oxidation sites excluding steroid dienone is 8. The molecule has 0 N–H and O–H groups in total. The van der Waals surface area contributed by atoms with Gasteiger partial charge in [0.15, 0.2) is 6.71 Å². The van der Waals surface area contributed by atoms with Crippen molar-refractivity contribution in [2.45, 2.75) is 53.1 Å². The molecule has 0 spiro atoms. The molecule has 0 aromatic carbocycles. The van der Waals surface area contributed by atoms with Gasteiger partial charge in [-0.3, -0.25) is 0 Å². The van der Waals surface area contributed by atoms with Crippen molar-refractivity contribution in [1.82, 2.24) is 0 Å². The van der Waals surface area contributed by atoms with E-state index < -0.39 is 0 Å². The van der Waals surface area contributed by atoms with E-state index in [1.807, 2.05) is 0 Å². The molecule has 0 radical (unpaired) electrons. The third kappa shape index (κ3) is 9.93. The first-order valence-electron chi connectivity index (χ1n) is 6.73. The maximum Gasteiger partial charge on any atom is 0.151 e. The highest BCUT2D eigenvalue weighted by Gasteiger charge is 2.10. The molecule has 0 aliphatic heterocycles. The van der Waals surface area contributed by atoms with Crippen LogP contribution >= 0.6 is 0 Å². The van der Waals surface area contributed by atoms with Crippen LogP contribution in [-0.4, -0.2) is 6.71 Å². The van der Waals surface area contributed by atoms with Gasteiger partial charge in [0, 0.05) is 0 Å². The van der Waals surface area contributed by atoms with Crippen molar-refractivity contribution in [2.24, 2.45) is 0 Å². The lowest BCUT2D eigenvalue weighted by atomic mass is 9.42. The van der Waals surface area contributed by atoms with Gasteiger partial charge in [-0.15, -0.1) is 0 Å². The molecule has 0 amide bonds. The van der Waals surface area contributed by atoms with Gasteiger partial charge in [0.1, 0.15) is 0 Å². The van der Waals surface area contributed by atoms with E-state index >= 15 is 0 Å². The molecular formula is C16H27B. The Labute approximate surface area is 108 Å². The number of hydrogen-bond acceptors (Lipinski definition) is 0. The van der Waals surface area contributed by atoms with Crippen molar-refractivity contribution < 1.29 is 0 Å². The highest BCUT2D eigenvalue weighted by Crippen LogP contribution is 2.15. The zero-order chi connectivity index (χ0) is 12.9. The van der Waals surface area contributed by atoms with Crippen LogP contribution < -0.4 is 0 Å². The summed E-state index contributed by atoms with van der Waals surface area (Å²) >= 11 is 0. The molecule has 0 unspecified atom stereocenters. The zero-order valence-electron chi connectivity index (χ0n) is 11.9. The molecule has 0 atom stereocenters. The Morgan fingerprint density at radius 1 is 0.882 bits per heavy atom. The quantitative estimate of drug-likeness (QED) is 0.379. The zero-order valence-corrected chi connectivity index (χ0v) is 11.9. The van der Waals surface area contributed by atoms with Crippen LogP contribution in [0.25, 0.3) is 0 Å². The average Bonchev–Trinajstić information content (AvgIpc) is 2.33. The van der Waals surface area contributed by atoms with Gasteiger partial charge in [-0.25, -0.2) is 0 Å². The Morgan fingerprint density at radius 2 is 1.41 bits per heavy atom. The molecule has 0 bridgehead atoms. The highest BCUT2D eigenvalue weighted by atomic mass is 13.9. The third-order valence-electron chi connectivity index (χ3n) is 2.86. The van der Waals surface area contributed by atoms with E-state index in [1.165, 1.54) is 24.5 Å². The van der Waals surface area contributed by atoms with Crippen LogP contribution in [0.1, 0.15) is 34.1 Å². The second-order valence-electron chi connectivity index (χ2n) is 4.53. The summed E-state index contributed by atoms with van der Waals surface area (Å²) in [5.74, 6) is 0. The molecule has 0 fully saturated rings. The lowest BCUT2D eigenvalue weighted by molar-refractivity contribution is 1.24. The van der Waals surface area contributed by atoms with Crippen molar-refractivity contribution in [3.05, 3.63) is 48.1 Å². The summed E-state index contributed by atoms with van der Waals surface area (Å²) in [5, 5.41) is 0. The minimum atomic E-state index is 0.754. The van der Waals surface area contributed by atoms with E-state index in [1.54, 1.807) is 0 Å². The first-order valence-corrected chi connectivity index (χ1v) is 6.73. The fourth-order valence-corrected chi connectivity index (χ4v) is 1.86. The van der Waals surface area contributed by atoms with Crippen molar-refractivity contribution in [3.63, 3.8) is 0 Å². The van der Waals surface area contributed by atoms with Crippen molar-refractivity contribution in [2.75, 3.05) is 0 Å². The van der Waals surface area contributed by atoms with Gasteiger partial charge in [0.05, 0.1) is 0 Å². The van der Waals surface area contributed by atoms with Gasteiger partial charge in [-0.05, 0) is 34.1 Å². The van der Waals surface area contributed by atoms with Crippen molar-refractivity contribution >= 4 is 6.71 Å². The summed E-state index contributed by atoms with van der Waals surface area (Å²) < 4.78 is 0. The molecule has 0 aliphatic carbocycles. The summed E-state index contributed by atoms with van der Waals surface area (Å²) in [4.78, 5) is 0. The van der Waals surface area contributed by atoms with Crippen LogP contribution in [0.3, 0.4) is 0 Å². The minimum Gasteiger partial charge on any atom is -0.0960 e. The highest BCUT2D eigenvalue weighted by molar-refractivity contribution is 6.60. The summed E-state index contributed by atoms with van der Waals surface area (Å²) in [7, 11) is 0. The predicted octanol–water partition coefficient (Wildman–Crippen LogP) is 5.55. The lowest BCUT2D eigenvalue weighted by Gasteiger charge is -2.09. The van der Waals surface area contributed by atoms with E-state index in [9.17, 15) is 0 Å². The van der Waals surface area contributed by atoms with E-state index in [-0.39, 0.29) is 0 Å². The Kier molecular flexibility index (Phi) is 10.8. The van der Waals surface area contributed by atoms with Crippen LogP contribution in [0.4, 0.5) is 0 Å². The van der Waals surface area contributed by atoms with Crippen molar-refractivity contribution in [1.29, 1.82) is 0 Å². The molecule has 1 heteroatoms. The summed E-state index contributed by atoms with van der Waals surface area (Å²) in [6.45, 7) is 9.28. The number of hydrogen-bond donors (Lipinski definition) is 0. The standard InChI is InChI=1S/C16H27B/c1-5-8-11-12-16(4)15-17(13-9-6-2)14-10-7-3/h5-10,12H,11,13-15H2,1-4H3/b8-5+,9-6+,10-7+,16-12-. The van der Waals surface area contributed by atoms with Gasteiger partial charge < -0.3 is 0 Å². The second-order valence-corrected chi connectivity index (χ2v) is 4.53. The van der Waals surface area contributed by atoms with Crippen LogP contribution in [-0.2, 0) is 0 Å². The van der Waals surface area contributed by atoms with Gasteiger partial charge in [0.25, 0.3) is 0 Å². The first kappa shape index (κ1) is 16.0. The SMILES string of the molecule is C/C=C/C/C=C(/C)CB(C/C=C/C)C/C=C/C. The Hall–Kier alpha value is -0.975. The minimum absolute atomic E-state index is 0.754. The summed E-state index contributed by atoms with van der Waals surface area (Å²) in [6, 6.07) is 0. The fraction of sp³-hybridized carbons (Fsp3) is 0.500. The van der Waals surface area contributed by atoms with Crippen LogP contribution in [0.15, 0.2) is 48.1 Å². The summed E-state index contributed by atoms with van der Waals surface area (Å²) in [5.41, 5.74) is 1.52. The van der Waals surface area contributed by atoms with Gasteiger partial charge in [-0.2, -0.15) is 0 Å². The molecule has 94 valence electrons. The van der Waals surface area contributed by atoms with Crippen LogP contribution in [0.5, 0.6) is 0 Å². The topological polar surface area (TPSA) is 0 Å². The number of rotatable bonds is 8. The Morgan fingerprint density at radius 3 is 1.88 bits per heavy atom. The van der Waals surface area contributed by atoms with E-state index in [0.29, 0.717) is 0 Å². The molecule has 17 heavy (non-hydrogen) atoms. The van der Waals surface area contributed by atoms with E-state index in [2.05, 4.69) is 70.2 Å². The third-order valence-corrected chi connectivity index (χ3v) is 2.86. The maximum atomic E-state index is 2.35. The second kappa shape index (κ2) is 11.5. The van der Waals surface area contributed by atoms with Crippen LogP contribution in [0, 0.1) is 0 Å². The Bertz CT molecular complexity index is 268. The van der Waals surface area contributed by atoms with Gasteiger partial charge in [-0.1, -0.05) is 67.1 Å². The predicted molar refractivity (Wildman–Crippen MR) is 83.0 cm³/mol. The molecule has 0 heterocycles. The molecule has 0 saturated carbocycles. The largest absolute Gasteiger partial charge is 0.151 e. The maximum absolute atomic E-state index is 2.35. The molecule has 0 nitrogen and oxygen atoms in total. The normalized spacial score (nSPS) is 13.3. The lowest BCUT2D eigenvalue weighted by Crippen LogP contribution is -2.10. The van der Waals surface area contributed by atoms with Crippen LogP contribution in [0.2, 0.25) is 19.0 Å². The smallest absolute Gasteiger partial charge is 0.0960 e. The van der Waals surface area contributed by atoms with Gasteiger partial charge >= 0.3 is 0 Å².